The van der Waals surface area contributed by atoms with E-state index >= 15 is 0 Å². The van der Waals surface area contributed by atoms with Crippen molar-refractivity contribution < 1.29 is 19.1 Å². The monoisotopic (exact) mass is 354 g/mol. The number of rotatable bonds is 6. The van der Waals surface area contributed by atoms with Gasteiger partial charge in [-0.2, -0.15) is 0 Å². The fourth-order valence-electron chi connectivity index (χ4n) is 2.54. The molecule has 0 bridgehead atoms. The Morgan fingerprint density at radius 1 is 1.08 bits per heavy atom. The van der Waals surface area contributed by atoms with Crippen LogP contribution in [0.2, 0.25) is 0 Å². The van der Waals surface area contributed by atoms with Crippen LogP contribution in [0.3, 0.4) is 0 Å². The number of aryl methyl sites for hydroxylation is 1. The molecular formula is C20H22N2O4. The molecule has 0 saturated carbocycles. The maximum atomic E-state index is 12.5. The van der Waals surface area contributed by atoms with E-state index < -0.39 is 11.9 Å². The summed E-state index contributed by atoms with van der Waals surface area (Å²) in [5, 5.41) is 2.66. The first-order valence-corrected chi connectivity index (χ1v) is 8.30. The minimum atomic E-state index is -0.449. The van der Waals surface area contributed by atoms with Gasteiger partial charge in [0.15, 0.2) is 0 Å². The van der Waals surface area contributed by atoms with Crippen LogP contribution in [0.25, 0.3) is 0 Å². The summed E-state index contributed by atoms with van der Waals surface area (Å²) in [6.45, 7) is 4.29. The molecule has 0 atom stereocenters. The van der Waals surface area contributed by atoms with E-state index in [4.69, 9.17) is 0 Å². The highest BCUT2D eigenvalue weighted by molar-refractivity contribution is 6.09. The van der Waals surface area contributed by atoms with Crippen molar-refractivity contribution in [3.63, 3.8) is 0 Å². The second-order valence-electron chi connectivity index (χ2n) is 5.77. The molecule has 0 unspecified atom stereocenters. The van der Waals surface area contributed by atoms with Gasteiger partial charge in [0.1, 0.15) is 6.42 Å². The van der Waals surface area contributed by atoms with Gasteiger partial charge in [-0.15, -0.1) is 0 Å². The van der Waals surface area contributed by atoms with Crippen molar-refractivity contribution in [3.05, 3.63) is 59.7 Å². The molecule has 0 saturated heterocycles. The Morgan fingerprint density at radius 2 is 1.77 bits per heavy atom. The van der Waals surface area contributed by atoms with Gasteiger partial charge >= 0.3 is 5.97 Å². The summed E-state index contributed by atoms with van der Waals surface area (Å²) < 4.78 is 4.62. The molecule has 0 spiro atoms. The Bertz CT molecular complexity index is 800. The van der Waals surface area contributed by atoms with E-state index in [1.54, 1.807) is 29.2 Å². The lowest BCUT2D eigenvalue weighted by atomic mass is 10.2. The van der Waals surface area contributed by atoms with Crippen LogP contribution in [-0.2, 0) is 14.3 Å². The molecule has 6 heteroatoms. The van der Waals surface area contributed by atoms with Gasteiger partial charge in [0.05, 0.1) is 12.7 Å². The summed E-state index contributed by atoms with van der Waals surface area (Å²) in [4.78, 5) is 37.6. The quantitative estimate of drug-likeness (QED) is 0.639. The molecule has 136 valence electrons. The molecule has 2 aromatic rings. The van der Waals surface area contributed by atoms with Gasteiger partial charge in [0.25, 0.3) is 0 Å². The number of carbonyl (C=O) groups excluding carboxylic acids is 3. The summed E-state index contributed by atoms with van der Waals surface area (Å²) in [7, 11) is 1.30. The molecule has 2 aromatic carbocycles. The zero-order valence-electron chi connectivity index (χ0n) is 15.1. The third-order valence-electron chi connectivity index (χ3n) is 3.83. The molecule has 0 radical (unpaired) electrons. The maximum absolute atomic E-state index is 12.5. The number of nitrogens with zero attached hydrogens (tertiary/aromatic N) is 1. The largest absolute Gasteiger partial charge is 0.465 e. The molecule has 2 amide bonds. The highest BCUT2D eigenvalue weighted by Crippen LogP contribution is 2.17. The molecule has 0 aliphatic carbocycles. The number of ether oxygens (including phenoxy) is 1. The Hall–Kier alpha value is -3.15. The molecule has 0 heterocycles. The van der Waals surface area contributed by atoms with E-state index in [2.05, 4.69) is 10.1 Å². The lowest BCUT2D eigenvalue weighted by Crippen LogP contribution is -2.33. The van der Waals surface area contributed by atoms with Crippen LogP contribution < -0.4 is 10.2 Å². The van der Waals surface area contributed by atoms with Crippen LogP contribution in [0.5, 0.6) is 0 Å². The number of benzene rings is 2. The lowest BCUT2D eigenvalue weighted by Gasteiger charge is -2.21. The van der Waals surface area contributed by atoms with Crippen molar-refractivity contribution in [2.24, 2.45) is 0 Å². The SMILES string of the molecule is CCN(C(=O)CC(=O)Nc1ccc(C(=O)OC)cc1)c1cccc(C)c1. The molecule has 0 aliphatic rings. The summed E-state index contributed by atoms with van der Waals surface area (Å²) >= 11 is 0. The highest BCUT2D eigenvalue weighted by atomic mass is 16.5. The van der Waals surface area contributed by atoms with Crippen LogP contribution in [0.4, 0.5) is 11.4 Å². The Kier molecular flexibility index (Phi) is 6.49. The fraction of sp³-hybridized carbons (Fsp3) is 0.250. The molecule has 1 N–H and O–H groups in total. The zero-order valence-corrected chi connectivity index (χ0v) is 15.1. The predicted molar refractivity (Wildman–Crippen MR) is 100 cm³/mol. The van der Waals surface area contributed by atoms with Crippen molar-refractivity contribution in [1.29, 1.82) is 0 Å². The predicted octanol–water partition coefficient (Wildman–Crippen LogP) is 3.16. The second kappa shape index (κ2) is 8.80. The molecule has 0 aromatic heterocycles. The number of carbonyl (C=O) groups is 3. The minimum absolute atomic E-state index is 0.263. The van der Waals surface area contributed by atoms with Gasteiger partial charge in [-0.05, 0) is 55.8 Å². The zero-order chi connectivity index (χ0) is 19.1. The van der Waals surface area contributed by atoms with Crippen molar-refractivity contribution in [3.8, 4) is 0 Å². The van der Waals surface area contributed by atoms with Crippen molar-refractivity contribution in [1.82, 2.24) is 0 Å². The van der Waals surface area contributed by atoms with Gasteiger partial charge in [0, 0.05) is 17.9 Å². The third-order valence-corrected chi connectivity index (χ3v) is 3.83. The molecule has 6 nitrogen and oxygen atoms in total. The van der Waals surface area contributed by atoms with Gasteiger partial charge in [0.2, 0.25) is 11.8 Å². The van der Waals surface area contributed by atoms with E-state index in [1.807, 2.05) is 38.1 Å². The molecule has 2 rings (SSSR count). The maximum Gasteiger partial charge on any atom is 0.337 e. The van der Waals surface area contributed by atoms with Crippen LogP contribution in [0.15, 0.2) is 48.5 Å². The summed E-state index contributed by atoms with van der Waals surface area (Å²) in [5.41, 5.74) is 2.71. The first-order valence-electron chi connectivity index (χ1n) is 8.30. The van der Waals surface area contributed by atoms with Gasteiger partial charge < -0.3 is 15.0 Å². The molecule has 26 heavy (non-hydrogen) atoms. The number of nitrogens with one attached hydrogen (secondary N) is 1. The van der Waals surface area contributed by atoms with Crippen molar-refractivity contribution in [2.45, 2.75) is 20.3 Å². The third kappa shape index (κ3) is 4.92. The van der Waals surface area contributed by atoms with Gasteiger partial charge in [-0.1, -0.05) is 12.1 Å². The normalized spacial score (nSPS) is 10.1. The Morgan fingerprint density at radius 3 is 2.35 bits per heavy atom. The molecule has 0 fully saturated rings. The molecule has 0 aliphatic heterocycles. The van der Waals surface area contributed by atoms with Crippen LogP contribution in [-0.4, -0.2) is 31.4 Å². The summed E-state index contributed by atoms with van der Waals surface area (Å²) in [5.74, 6) is -1.14. The standard InChI is InChI=1S/C20H22N2O4/c1-4-22(17-7-5-6-14(2)12-17)19(24)13-18(23)21-16-10-8-15(9-11-16)20(25)26-3/h5-12H,4,13H2,1-3H3,(H,21,23). The molecular weight excluding hydrogens is 332 g/mol. The summed E-state index contributed by atoms with van der Waals surface area (Å²) in [6, 6.07) is 13.9. The van der Waals surface area contributed by atoms with Crippen molar-refractivity contribution in [2.75, 3.05) is 23.9 Å². The van der Waals surface area contributed by atoms with Crippen LogP contribution in [0.1, 0.15) is 29.3 Å². The number of amides is 2. The lowest BCUT2D eigenvalue weighted by molar-refractivity contribution is -0.125. The smallest absolute Gasteiger partial charge is 0.337 e. The minimum Gasteiger partial charge on any atom is -0.465 e. The van der Waals surface area contributed by atoms with E-state index in [0.29, 0.717) is 17.8 Å². The first kappa shape index (κ1) is 19.2. The number of methoxy groups -OCH3 is 1. The highest BCUT2D eigenvalue weighted by Gasteiger charge is 2.18. The number of anilines is 2. The van der Waals surface area contributed by atoms with E-state index in [1.165, 1.54) is 7.11 Å². The van der Waals surface area contributed by atoms with Gasteiger partial charge in [-0.3, -0.25) is 9.59 Å². The Balaban J connectivity index is 1.99. The van der Waals surface area contributed by atoms with Crippen LogP contribution in [0, 0.1) is 6.92 Å². The second-order valence-corrected chi connectivity index (χ2v) is 5.77. The Labute approximate surface area is 152 Å². The van der Waals surface area contributed by atoms with Gasteiger partial charge in [-0.25, -0.2) is 4.79 Å². The summed E-state index contributed by atoms with van der Waals surface area (Å²) in [6.07, 6.45) is -0.263. The van der Waals surface area contributed by atoms with Crippen molar-refractivity contribution >= 4 is 29.2 Å². The average Bonchev–Trinajstić information content (AvgIpc) is 2.62. The number of esters is 1. The topological polar surface area (TPSA) is 75.7 Å². The number of hydrogen-bond donors (Lipinski definition) is 1. The van der Waals surface area contributed by atoms with E-state index in [9.17, 15) is 14.4 Å². The van der Waals surface area contributed by atoms with E-state index in [0.717, 1.165) is 11.3 Å². The first-order chi connectivity index (χ1) is 12.4. The van der Waals surface area contributed by atoms with E-state index in [-0.39, 0.29) is 12.3 Å². The fourth-order valence-corrected chi connectivity index (χ4v) is 2.54. The van der Waals surface area contributed by atoms with Crippen LogP contribution >= 0.6 is 0 Å². The average molecular weight is 354 g/mol. The number of hydrogen-bond acceptors (Lipinski definition) is 4.